The third-order valence-electron chi connectivity index (χ3n) is 2.18. The highest BCUT2D eigenvalue weighted by atomic mass is 32.2. The van der Waals surface area contributed by atoms with E-state index in [4.69, 9.17) is 5.26 Å². The molecule has 0 amide bonds. The van der Waals surface area contributed by atoms with Gasteiger partial charge in [-0.25, -0.2) is 0 Å². The Labute approximate surface area is 104 Å². The molecule has 0 unspecified atom stereocenters. The van der Waals surface area contributed by atoms with Crippen LogP contribution in [-0.4, -0.2) is 23.5 Å². The number of rotatable bonds is 6. The van der Waals surface area contributed by atoms with Crippen LogP contribution in [0, 0.1) is 21.4 Å². The SMILES string of the molecule is CSCCCNc1cccc(C#N)c1[N+](=O)[O-]. The Morgan fingerprint density at radius 1 is 1.59 bits per heavy atom. The van der Waals surface area contributed by atoms with Gasteiger partial charge in [-0.1, -0.05) is 6.07 Å². The molecule has 1 aromatic rings. The van der Waals surface area contributed by atoms with E-state index in [1.165, 1.54) is 6.07 Å². The summed E-state index contributed by atoms with van der Waals surface area (Å²) < 4.78 is 0. The lowest BCUT2D eigenvalue weighted by Gasteiger charge is -2.07. The molecule has 0 aliphatic carbocycles. The van der Waals surface area contributed by atoms with Crippen molar-refractivity contribution in [3.8, 4) is 6.07 Å². The van der Waals surface area contributed by atoms with Crippen LogP contribution in [0.4, 0.5) is 11.4 Å². The minimum atomic E-state index is -0.518. The van der Waals surface area contributed by atoms with Gasteiger partial charge in [0.05, 0.1) is 4.92 Å². The van der Waals surface area contributed by atoms with Crippen LogP contribution >= 0.6 is 11.8 Å². The van der Waals surface area contributed by atoms with Crippen LogP contribution in [0.1, 0.15) is 12.0 Å². The van der Waals surface area contributed by atoms with E-state index in [0.717, 1.165) is 12.2 Å². The predicted octanol–water partition coefficient (Wildman–Crippen LogP) is 2.63. The molecule has 0 saturated carbocycles. The summed E-state index contributed by atoms with van der Waals surface area (Å²) in [6.45, 7) is 0.663. The van der Waals surface area contributed by atoms with Crippen LogP contribution in [0.25, 0.3) is 0 Å². The number of nitro benzene ring substituents is 1. The third kappa shape index (κ3) is 3.64. The zero-order valence-corrected chi connectivity index (χ0v) is 10.3. The van der Waals surface area contributed by atoms with Gasteiger partial charge in [-0.15, -0.1) is 0 Å². The van der Waals surface area contributed by atoms with Crippen molar-refractivity contribution in [1.29, 1.82) is 5.26 Å². The van der Waals surface area contributed by atoms with Gasteiger partial charge in [-0.3, -0.25) is 10.1 Å². The summed E-state index contributed by atoms with van der Waals surface area (Å²) in [5, 5.41) is 22.7. The summed E-state index contributed by atoms with van der Waals surface area (Å²) in [4.78, 5) is 10.4. The van der Waals surface area contributed by atoms with E-state index in [0.29, 0.717) is 12.2 Å². The van der Waals surface area contributed by atoms with E-state index >= 15 is 0 Å². The Balaban J connectivity index is 2.84. The van der Waals surface area contributed by atoms with Gasteiger partial charge in [0.15, 0.2) is 0 Å². The standard InChI is InChI=1S/C11H13N3O2S/c1-17-7-3-6-13-10-5-2-4-9(8-12)11(10)14(15)16/h2,4-5,13H,3,6-7H2,1H3. The number of nitriles is 1. The van der Waals surface area contributed by atoms with Crippen LogP contribution in [0.5, 0.6) is 0 Å². The zero-order chi connectivity index (χ0) is 12.7. The Morgan fingerprint density at radius 3 is 2.94 bits per heavy atom. The highest BCUT2D eigenvalue weighted by Gasteiger charge is 2.18. The molecule has 0 fully saturated rings. The van der Waals surface area contributed by atoms with Crippen LogP contribution in [0.15, 0.2) is 18.2 Å². The van der Waals surface area contributed by atoms with Crippen molar-refractivity contribution in [3.63, 3.8) is 0 Å². The number of nitrogens with zero attached hydrogens (tertiary/aromatic N) is 2. The highest BCUT2D eigenvalue weighted by molar-refractivity contribution is 7.98. The molecule has 0 atom stereocenters. The molecule has 1 aromatic carbocycles. The summed E-state index contributed by atoms with van der Waals surface area (Å²) in [5.41, 5.74) is 0.360. The van der Waals surface area contributed by atoms with E-state index < -0.39 is 4.92 Å². The summed E-state index contributed by atoms with van der Waals surface area (Å²) in [7, 11) is 0. The number of thioether (sulfide) groups is 1. The molecule has 17 heavy (non-hydrogen) atoms. The Bertz CT molecular complexity index is 443. The molecule has 1 rings (SSSR count). The number of hydrogen-bond acceptors (Lipinski definition) is 5. The van der Waals surface area contributed by atoms with Gasteiger partial charge in [-0.2, -0.15) is 17.0 Å². The van der Waals surface area contributed by atoms with E-state index in [9.17, 15) is 10.1 Å². The van der Waals surface area contributed by atoms with Gasteiger partial charge in [0.2, 0.25) is 0 Å². The van der Waals surface area contributed by atoms with E-state index in [2.05, 4.69) is 5.32 Å². The Hall–Kier alpha value is -1.74. The van der Waals surface area contributed by atoms with Crippen LogP contribution < -0.4 is 5.32 Å². The van der Waals surface area contributed by atoms with Gasteiger partial charge < -0.3 is 5.32 Å². The second-order valence-corrected chi connectivity index (χ2v) is 4.33. The summed E-state index contributed by atoms with van der Waals surface area (Å²) in [5.74, 6) is 0.999. The second-order valence-electron chi connectivity index (χ2n) is 3.34. The molecule has 0 aromatic heterocycles. The van der Waals surface area contributed by atoms with Gasteiger partial charge in [0.1, 0.15) is 17.3 Å². The second kappa shape index (κ2) is 6.76. The summed E-state index contributed by atoms with van der Waals surface area (Å²) >= 11 is 1.73. The van der Waals surface area contributed by atoms with Crippen LogP contribution in [0.3, 0.4) is 0 Å². The number of anilines is 1. The normalized spacial score (nSPS) is 9.65. The number of hydrogen-bond donors (Lipinski definition) is 1. The molecule has 0 radical (unpaired) electrons. The van der Waals surface area contributed by atoms with Crippen molar-refractivity contribution in [2.75, 3.05) is 23.9 Å². The molecule has 5 nitrogen and oxygen atoms in total. The average Bonchev–Trinajstić information content (AvgIpc) is 2.33. The van der Waals surface area contributed by atoms with Gasteiger partial charge in [0.25, 0.3) is 0 Å². The molecule has 0 saturated heterocycles. The first kappa shape index (κ1) is 13.3. The van der Waals surface area contributed by atoms with Crippen molar-refractivity contribution < 1.29 is 4.92 Å². The fourth-order valence-electron chi connectivity index (χ4n) is 1.41. The molecule has 0 bridgehead atoms. The maximum absolute atomic E-state index is 10.9. The number of para-hydroxylation sites is 1. The Morgan fingerprint density at radius 2 is 2.35 bits per heavy atom. The fraction of sp³-hybridized carbons (Fsp3) is 0.364. The van der Waals surface area contributed by atoms with Crippen LogP contribution in [0.2, 0.25) is 0 Å². The first-order valence-electron chi connectivity index (χ1n) is 5.11. The lowest BCUT2D eigenvalue weighted by Crippen LogP contribution is -2.06. The van der Waals surface area contributed by atoms with Crippen molar-refractivity contribution in [2.45, 2.75) is 6.42 Å². The third-order valence-corrected chi connectivity index (χ3v) is 2.88. The van der Waals surface area contributed by atoms with Crippen molar-refractivity contribution in [1.82, 2.24) is 0 Å². The molecular weight excluding hydrogens is 238 g/mol. The maximum atomic E-state index is 10.9. The molecule has 0 aliphatic heterocycles. The molecule has 6 heteroatoms. The van der Waals surface area contributed by atoms with Crippen molar-refractivity contribution >= 4 is 23.1 Å². The van der Waals surface area contributed by atoms with E-state index in [1.807, 2.05) is 12.3 Å². The largest absolute Gasteiger partial charge is 0.379 e. The van der Waals surface area contributed by atoms with Gasteiger partial charge in [0, 0.05) is 6.54 Å². The smallest absolute Gasteiger partial charge is 0.309 e. The van der Waals surface area contributed by atoms with Crippen molar-refractivity contribution in [3.05, 3.63) is 33.9 Å². The molecule has 1 N–H and O–H groups in total. The van der Waals surface area contributed by atoms with E-state index in [1.54, 1.807) is 23.9 Å². The molecule has 90 valence electrons. The molecule has 0 heterocycles. The number of nitrogens with one attached hydrogen (secondary N) is 1. The number of benzene rings is 1. The minimum absolute atomic E-state index is 0.0878. The topological polar surface area (TPSA) is 79.0 Å². The minimum Gasteiger partial charge on any atom is -0.379 e. The lowest BCUT2D eigenvalue weighted by atomic mass is 10.1. The van der Waals surface area contributed by atoms with Gasteiger partial charge >= 0.3 is 5.69 Å². The first-order valence-corrected chi connectivity index (χ1v) is 6.50. The molecule has 0 aliphatic rings. The van der Waals surface area contributed by atoms with Crippen molar-refractivity contribution in [2.24, 2.45) is 0 Å². The fourth-order valence-corrected chi connectivity index (χ4v) is 1.85. The van der Waals surface area contributed by atoms with Crippen LogP contribution in [-0.2, 0) is 0 Å². The summed E-state index contributed by atoms with van der Waals surface area (Å²) in [6, 6.07) is 6.55. The lowest BCUT2D eigenvalue weighted by molar-refractivity contribution is -0.384. The quantitative estimate of drug-likeness (QED) is 0.477. The predicted molar refractivity (Wildman–Crippen MR) is 69.3 cm³/mol. The monoisotopic (exact) mass is 251 g/mol. The molecule has 0 spiro atoms. The number of nitro groups is 1. The summed E-state index contributed by atoms with van der Waals surface area (Å²) in [6.07, 6.45) is 2.94. The Kier molecular flexibility index (Phi) is 5.30. The van der Waals surface area contributed by atoms with Gasteiger partial charge in [-0.05, 0) is 30.6 Å². The zero-order valence-electron chi connectivity index (χ0n) is 9.47. The maximum Gasteiger partial charge on any atom is 0.309 e. The first-order chi connectivity index (χ1) is 8.20. The molecular formula is C11H13N3O2S. The highest BCUT2D eigenvalue weighted by Crippen LogP contribution is 2.27. The average molecular weight is 251 g/mol. The van der Waals surface area contributed by atoms with E-state index in [-0.39, 0.29) is 11.3 Å².